The summed E-state index contributed by atoms with van der Waals surface area (Å²) in [6.07, 6.45) is 0. The van der Waals surface area contributed by atoms with Crippen molar-refractivity contribution < 1.29 is 9.53 Å². The number of hydrogen-bond acceptors (Lipinski definition) is 4. The molecule has 0 unspecified atom stereocenters. The van der Waals surface area contributed by atoms with Gasteiger partial charge in [-0.3, -0.25) is 4.79 Å². The summed E-state index contributed by atoms with van der Waals surface area (Å²) in [5.74, 6) is -0.103. The molecule has 1 aliphatic rings. The number of fused-ring (bicyclic) bond motifs is 1. The molecule has 0 aliphatic carbocycles. The van der Waals surface area contributed by atoms with E-state index in [2.05, 4.69) is 46.3 Å². The number of benzene rings is 3. The number of rotatable bonds is 7. The molecule has 3 aromatic carbocycles. The van der Waals surface area contributed by atoms with Crippen LogP contribution in [-0.2, 0) is 4.74 Å². The molecule has 1 heterocycles. The van der Waals surface area contributed by atoms with E-state index in [1.807, 2.05) is 48.5 Å². The minimum absolute atomic E-state index is 0.103. The molecule has 0 saturated carbocycles. The van der Waals surface area contributed by atoms with E-state index in [0.717, 1.165) is 29.2 Å². The zero-order valence-electron chi connectivity index (χ0n) is 16.9. The van der Waals surface area contributed by atoms with Crippen molar-refractivity contribution in [1.29, 1.82) is 0 Å². The monoisotopic (exact) mass is 399 g/mol. The third kappa shape index (κ3) is 4.36. The second-order valence-corrected chi connectivity index (χ2v) is 7.07. The molecule has 0 aromatic heterocycles. The standard InChI is InChI=1S/C25H25N3O2/c1-30-16-15-26-25(29)19-11-13-20(14-12-19)28-24(18-7-3-2-4-8-18)22-17-27-23-10-6-5-9-21(22)23/h2-14,27-28H,15-17H2,1H3,(H,26,29)/b24-22+. The minimum Gasteiger partial charge on any atom is -0.383 e. The van der Waals surface area contributed by atoms with Crippen molar-refractivity contribution in [3.63, 3.8) is 0 Å². The fourth-order valence-electron chi connectivity index (χ4n) is 3.55. The molecule has 1 amide bonds. The van der Waals surface area contributed by atoms with Gasteiger partial charge < -0.3 is 20.7 Å². The summed E-state index contributed by atoms with van der Waals surface area (Å²) in [5.41, 5.74) is 7.30. The first-order valence-electron chi connectivity index (χ1n) is 10.0. The number of methoxy groups -OCH3 is 1. The summed E-state index contributed by atoms with van der Waals surface area (Å²) < 4.78 is 4.97. The molecule has 0 atom stereocenters. The number of amides is 1. The van der Waals surface area contributed by atoms with Crippen molar-refractivity contribution in [1.82, 2.24) is 5.32 Å². The Balaban J connectivity index is 1.61. The molecule has 1 aliphatic heterocycles. The fourth-order valence-corrected chi connectivity index (χ4v) is 3.55. The number of hydrogen-bond donors (Lipinski definition) is 3. The van der Waals surface area contributed by atoms with E-state index in [4.69, 9.17) is 4.74 Å². The molecule has 5 heteroatoms. The first kappa shape index (κ1) is 19.7. The lowest BCUT2D eigenvalue weighted by Crippen LogP contribution is -2.26. The smallest absolute Gasteiger partial charge is 0.251 e. The summed E-state index contributed by atoms with van der Waals surface area (Å²) in [7, 11) is 1.61. The van der Waals surface area contributed by atoms with E-state index < -0.39 is 0 Å². The fraction of sp³-hybridized carbons (Fsp3) is 0.160. The number of anilines is 2. The normalized spacial score (nSPS) is 13.9. The molecular formula is C25H25N3O2. The van der Waals surface area contributed by atoms with Gasteiger partial charge in [0.05, 0.1) is 12.3 Å². The summed E-state index contributed by atoms with van der Waals surface area (Å²) >= 11 is 0. The Hall–Kier alpha value is -3.57. The van der Waals surface area contributed by atoms with Crippen LogP contribution in [0.4, 0.5) is 11.4 Å². The number of para-hydroxylation sites is 1. The van der Waals surface area contributed by atoms with Gasteiger partial charge in [0, 0.05) is 48.3 Å². The third-order valence-corrected chi connectivity index (χ3v) is 5.08. The molecule has 0 spiro atoms. The quantitative estimate of drug-likeness (QED) is 0.513. The van der Waals surface area contributed by atoms with Crippen LogP contribution in [0.15, 0.2) is 78.9 Å². The van der Waals surface area contributed by atoms with Crippen LogP contribution in [0, 0.1) is 0 Å². The molecule has 0 radical (unpaired) electrons. The average Bonchev–Trinajstić information content (AvgIpc) is 3.22. The van der Waals surface area contributed by atoms with Crippen LogP contribution in [-0.4, -0.2) is 32.7 Å². The van der Waals surface area contributed by atoms with Gasteiger partial charge in [0.15, 0.2) is 0 Å². The Kier molecular flexibility index (Phi) is 6.11. The maximum absolute atomic E-state index is 12.2. The van der Waals surface area contributed by atoms with Crippen molar-refractivity contribution >= 4 is 28.6 Å². The molecule has 3 aromatic rings. The van der Waals surface area contributed by atoms with Crippen molar-refractivity contribution in [2.45, 2.75) is 0 Å². The van der Waals surface area contributed by atoms with Gasteiger partial charge in [0.2, 0.25) is 0 Å². The highest BCUT2D eigenvalue weighted by Gasteiger charge is 2.20. The SMILES string of the molecule is COCCNC(=O)c1ccc(N/C(=C2\CNc3ccccc32)c2ccccc2)cc1. The minimum atomic E-state index is -0.103. The van der Waals surface area contributed by atoms with Crippen LogP contribution < -0.4 is 16.0 Å². The molecule has 3 N–H and O–H groups in total. The Morgan fingerprint density at radius 1 is 0.933 bits per heavy atom. The van der Waals surface area contributed by atoms with Crippen molar-refractivity contribution in [3.8, 4) is 0 Å². The van der Waals surface area contributed by atoms with Gasteiger partial charge in [-0.05, 0) is 35.9 Å². The second kappa shape index (κ2) is 9.29. The van der Waals surface area contributed by atoms with E-state index in [9.17, 15) is 4.79 Å². The lowest BCUT2D eigenvalue weighted by molar-refractivity contribution is 0.0937. The summed E-state index contributed by atoms with van der Waals surface area (Å²) in [6, 6.07) is 26.2. The Morgan fingerprint density at radius 2 is 1.67 bits per heavy atom. The predicted molar refractivity (Wildman–Crippen MR) is 122 cm³/mol. The van der Waals surface area contributed by atoms with Gasteiger partial charge in [-0.25, -0.2) is 0 Å². The number of carbonyl (C=O) groups excluding carboxylic acids is 1. The van der Waals surface area contributed by atoms with Gasteiger partial charge in [0.25, 0.3) is 5.91 Å². The lowest BCUT2D eigenvalue weighted by atomic mass is 10.0. The molecule has 0 saturated heterocycles. The van der Waals surface area contributed by atoms with E-state index >= 15 is 0 Å². The van der Waals surface area contributed by atoms with Crippen molar-refractivity contribution in [3.05, 3.63) is 95.6 Å². The largest absolute Gasteiger partial charge is 0.383 e. The number of nitrogens with one attached hydrogen (secondary N) is 3. The van der Waals surface area contributed by atoms with Crippen LogP contribution in [0.5, 0.6) is 0 Å². The van der Waals surface area contributed by atoms with E-state index in [1.165, 1.54) is 11.1 Å². The lowest BCUT2D eigenvalue weighted by Gasteiger charge is -2.16. The van der Waals surface area contributed by atoms with Crippen LogP contribution in [0.2, 0.25) is 0 Å². The highest BCUT2D eigenvalue weighted by molar-refractivity contribution is 6.02. The topological polar surface area (TPSA) is 62.4 Å². The summed E-state index contributed by atoms with van der Waals surface area (Å²) in [5, 5.41) is 9.90. The maximum atomic E-state index is 12.2. The number of ether oxygens (including phenoxy) is 1. The Morgan fingerprint density at radius 3 is 2.43 bits per heavy atom. The molecule has 30 heavy (non-hydrogen) atoms. The van der Waals surface area contributed by atoms with Crippen molar-refractivity contribution in [2.75, 3.05) is 37.4 Å². The van der Waals surface area contributed by atoms with Crippen molar-refractivity contribution in [2.24, 2.45) is 0 Å². The van der Waals surface area contributed by atoms with Gasteiger partial charge in [-0.2, -0.15) is 0 Å². The number of carbonyl (C=O) groups is 1. The maximum Gasteiger partial charge on any atom is 0.251 e. The van der Waals surface area contributed by atoms with Crippen LogP contribution in [0.25, 0.3) is 11.3 Å². The van der Waals surface area contributed by atoms with E-state index in [0.29, 0.717) is 18.7 Å². The predicted octanol–water partition coefficient (Wildman–Crippen LogP) is 4.47. The highest BCUT2D eigenvalue weighted by atomic mass is 16.5. The summed E-state index contributed by atoms with van der Waals surface area (Å²) in [6.45, 7) is 1.75. The molecule has 152 valence electrons. The van der Waals surface area contributed by atoms with E-state index in [-0.39, 0.29) is 5.91 Å². The molecule has 0 bridgehead atoms. The second-order valence-electron chi connectivity index (χ2n) is 7.07. The zero-order chi connectivity index (χ0) is 20.8. The van der Waals surface area contributed by atoms with Crippen LogP contribution >= 0.6 is 0 Å². The van der Waals surface area contributed by atoms with E-state index in [1.54, 1.807) is 7.11 Å². The zero-order valence-corrected chi connectivity index (χ0v) is 16.9. The molecular weight excluding hydrogens is 374 g/mol. The van der Waals surface area contributed by atoms with Crippen LogP contribution in [0.3, 0.4) is 0 Å². The van der Waals surface area contributed by atoms with Gasteiger partial charge in [-0.1, -0.05) is 48.5 Å². The van der Waals surface area contributed by atoms with Gasteiger partial charge in [0.1, 0.15) is 0 Å². The molecule has 5 nitrogen and oxygen atoms in total. The first-order valence-corrected chi connectivity index (χ1v) is 10.0. The summed E-state index contributed by atoms with van der Waals surface area (Å²) in [4.78, 5) is 12.2. The molecule has 0 fully saturated rings. The highest BCUT2D eigenvalue weighted by Crippen LogP contribution is 2.36. The van der Waals surface area contributed by atoms with Gasteiger partial charge >= 0.3 is 0 Å². The third-order valence-electron chi connectivity index (χ3n) is 5.08. The van der Waals surface area contributed by atoms with Gasteiger partial charge in [-0.15, -0.1) is 0 Å². The Bertz CT molecular complexity index is 1040. The van der Waals surface area contributed by atoms with Crippen LogP contribution in [0.1, 0.15) is 21.5 Å². The average molecular weight is 399 g/mol. The first-order chi connectivity index (χ1) is 14.8. The molecule has 4 rings (SSSR count). The Labute approximate surface area is 176 Å².